The zero-order chi connectivity index (χ0) is 12.3. The van der Waals surface area contributed by atoms with E-state index >= 15 is 0 Å². The molecule has 0 amide bonds. The van der Waals surface area contributed by atoms with Crippen molar-refractivity contribution in [2.24, 2.45) is 7.05 Å². The summed E-state index contributed by atoms with van der Waals surface area (Å²) in [5.41, 5.74) is 3.57. The van der Waals surface area contributed by atoms with Crippen LogP contribution in [0, 0.1) is 11.3 Å². The van der Waals surface area contributed by atoms with Gasteiger partial charge in [0.15, 0.2) is 0 Å². The molecule has 0 fully saturated rings. The van der Waals surface area contributed by atoms with E-state index in [0.717, 1.165) is 23.5 Å². The minimum Gasteiger partial charge on any atom is -0.353 e. The van der Waals surface area contributed by atoms with Crippen molar-refractivity contribution in [3.63, 3.8) is 0 Å². The second-order valence-corrected chi connectivity index (χ2v) is 3.83. The van der Waals surface area contributed by atoms with Crippen LogP contribution >= 0.6 is 0 Å². The number of anilines is 2. The number of hydrogen-bond donors (Lipinski definition) is 1. The predicted molar refractivity (Wildman–Crippen MR) is 67.0 cm³/mol. The summed E-state index contributed by atoms with van der Waals surface area (Å²) in [5.74, 6) is 0. The van der Waals surface area contributed by atoms with E-state index in [1.54, 1.807) is 10.7 Å². The molecule has 0 atom stereocenters. The van der Waals surface area contributed by atoms with E-state index in [1.165, 1.54) is 0 Å². The molecule has 2 aromatic rings. The largest absolute Gasteiger partial charge is 0.353 e. The van der Waals surface area contributed by atoms with Crippen molar-refractivity contribution in [2.45, 2.75) is 13.3 Å². The van der Waals surface area contributed by atoms with Crippen LogP contribution in [0.3, 0.4) is 0 Å². The second kappa shape index (κ2) is 4.71. The van der Waals surface area contributed by atoms with E-state index in [2.05, 4.69) is 23.4 Å². The van der Waals surface area contributed by atoms with Gasteiger partial charge in [-0.3, -0.25) is 4.68 Å². The lowest BCUT2D eigenvalue weighted by Crippen LogP contribution is -1.93. The van der Waals surface area contributed by atoms with Crippen LogP contribution in [0.4, 0.5) is 11.4 Å². The zero-order valence-electron chi connectivity index (χ0n) is 9.94. The molecule has 0 aliphatic carbocycles. The Morgan fingerprint density at radius 3 is 3.00 bits per heavy atom. The number of rotatable bonds is 3. The Kier molecular flexibility index (Phi) is 3.10. The van der Waals surface area contributed by atoms with Crippen molar-refractivity contribution in [2.75, 3.05) is 5.32 Å². The van der Waals surface area contributed by atoms with Crippen molar-refractivity contribution in [1.82, 2.24) is 9.78 Å². The predicted octanol–water partition coefficient (Wildman–Crippen LogP) is 2.60. The van der Waals surface area contributed by atoms with Crippen LogP contribution in [0.15, 0.2) is 30.5 Å². The van der Waals surface area contributed by atoms with Crippen molar-refractivity contribution in [1.29, 1.82) is 5.26 Å². The fraction of sp³-hybridized carbons (Fsp3) is 0.231. The first-order valence-electron chi connectivity index (χ1n) is 5.52. The van der Waals surface area contributed by atoms with Gasteiger partial charge in [0.2, 0.25) is 0 Å². The fourth-order valence-corrected chi connectivity index (χ4v) is 1.72. The summed E-state index contributed by atoms with van der Waals surface area (Å²) in [6.07, 6.45) is 2.82. The third-order valence-corrected chi connectivity index (χ3v) is 2.51. The highest BCUT2D eigenvalue weighted by molar-refractivity contribution is 5.62. The Hall–Kier alpha value is -2.28. The molecule has 0 spiro atoms. The molecule has 0 aliphatic rings. The van der Waals surface area contributed by atoms with Crippen LogP contribution in [0.5, 0.6) is 0 Å². The molecule has 0 saturated heterocycles. The second-order valence-electron chi connectivity index (χ2n) is 3.83. The first-order valence-corrected chi connectivity index (χ1v) is 5.52. The van der Waals surface area contributed by atoms with E-state index < -0.39 is 0 Å². The first kappa shape index (κ1) is 11.2. The van der Waals surface area contributed by atoms with Gasteiger partial charge in [-0.25, -0.2) is 0 Å². The SMILES string of the molecule is CCc1nn(C)cc1Nc1cccc(C#N)c1. The van der Waals surface area contributed by atoms with Crippen molar-refractivity contribution in [3.8, 4) is 6.07 Å². The number of nitriles is 1. The normalized spacial score (nSPS) is 9.94. The standard InChI is InChI=1S/C13H14N4/c1-3-12-13(9-17(2)16-12)15-11-6-4-5-10(7-11)8-14/h4-7,9,15H,3H2,1-2H3. The highest BCUT2D eigenvalue weighted by Crippen LogP contribution is 2.20. The van der Waals surface area contributed by atoms with Crippen molar-refractivity contribution < 1.29 is 0 Å². The molecule has 0 saturated carbocycles. The Labute approximate surface area is 100 Å². The summed E-state index contributed by atoms with van der Waals surface area (Å²) in [6.45, 7) is 2.07. The molecule has 0 aliphatic heterocycles. The molecule has 4 nitrogen and oxygen atoms in total. The molecular weight excluding hydrogens is 212 g/mol. The fourth-order valence-electron chi connectivity index (χ4n) is 1.72. The van der Waals surface area contributed by atoms with Crippen molar-refractivity contribution >= 4 is 11.4 Å². The van der Waals surface area contributed by atoms with Gasteiger partial charge in [-0.05, 0) is 24.6 Å². The Balaban J connectivity index is 2.28. The molecule has 1 N–H and O–H groups in total. The first-order chi connectivity index (χ1) is 8.22. The number of nitrogens with one attached hydrogen (secondary N) is 1. The van der Waals surface area contributed by atoms with Gasteiger partial charge in [0, 0.05) is 18.9 Å². The quantitative estimate of drug-likeness (QED) is 0.875. The van der Waals surface area contributed by atoms with Gasteiger partial charge in [-0.2, -0.15) is 10.4 Å². The number of aromatic nitrogens is 2. The lowest BCUT2D eigenvalue weighted by molar-refractivity contribution is 0.746. The van der Waals surface area contributed by atoms with Crippen LogP contribution in [-0.4, -0.2) is 9.78 Å². The minimum atomic E-state index is 0.650. The zero-order valence-corrected chi connectivity index (χ0v) is 9.94. The Morgan fingerprint density at radius 2 is 2.29 bits per heavy atom. The summed E-state index contributed by atoms with van der Waals surface area (Å²) in [4.78, 5) is 0. The van der Waals surface area contributed by atoms with E-state index in [-0.39, 0.29) is 0 Å². The number of nitrogens with zero attached hydrogens (tertiary/aromatic N) is 3. The van der Waals surface area contributed by atoms with Gasteiger partial charge in [-0.15, -0.1) is 0 Å². The van der Waals surface area contributed by atoms with Crippen LogP contribution < -0.4 is 5.32 Å². The van der Waals surface area contributed by atoms with Gasteiger partial charge in [0.25, 0.3) is 0 Å². The molecule has 1 heterocycles. The highest BCUT2D eigenvalue weighted by Gasteiger charge is 2.05. The van der Waals surface area contributed by atoms with Crippen LogP contribution in [0.1, 0.15) is 18.2 Å². The van der Waals surface area contributed by atoms with Crippen molar-refractivity contribution in [3.05, 3.63) is 41.7 Å². The topological polar surface area (TPSA) is 53.6 Å². The maximum Gasteiger partial charge on any atom is 0.0992 e. The monoisotopic (exact) mass is 226 g/mol. The van der Waals surface area contributed by atoms with Gasteiger partial charge in [0.05, 0.1) is 23.0 Å². The summed E-state index contributed by atoms with van der Waals surface area (Å²) in [7, 11) is 1.90. The average Bonchev–Trinajstić information content (AvgIpc) is 2.69. The smallest absolute Gasteiger partial charge is 0.0992 e. The van der Waals surface area contributed by atoms with E-state index in [1.807, 2.05) is 31.4 Å². The van der Waals surface area contributed by atoms with Crippen LogP contribution in [0.25, 0.3) is 0 Å². The average molecular weight is 226 g/mol. The maximum absolute atomic E-state index is 8.84. The lowest BCUT2D eigenvalue weighted by atomic mass is 10.2. The molecule has 0 radical (unpaired) electrons. The summed E-state index contributed by atoms with van der Waals surface area (Å²) in [6, 6.07) is 9.54. The Bertz CT molecular complexity index is 563. The molecule has 0 bridgehead atoms. The highest BCUT2D eigenvalue weighted by atomic mass is 15.3. The molecule has 4 heteroatoms. The summed E-state index contributed by atoms with van der Waals surface area (Å²) < 4.78 is 1.79. The molecule has 0 unspecified atom stereocenters. The molecule has 1 aromatic heterocycles. The Morgan fingerprint density at radius 1 is 1.47 bits per heavy atom. The van der Waals surface area contributed by atoms with Gasteiger partial charge < -0.3 is 5.32 Å². The van der Waals surface area contributed by atoms with Crippen LogP contribution in [-0.2, 0) is 13.5 Å². The van der Waals surface area contributed by atoms with Crippen LogP contribution in [0.2, 0.25) is 0 Å². The van der Waals surface area contributed by atoms with E-state index in [4.69, 9.17) is 5.26 Å². The molecule has 17 heavy (non-hydrogen) atoms. The molecule has 86 valence electrons. The van der Waals surface area contributed by atoms with E-state index in [9.17, 15) is 0 Å². The van der Waals surface area contributed by atoms with Gasteiger partial charge in [-0.1, -0.05) is 13.0 Å². The molecular formula is C13H14N4. The third kappa shape index (κ3) is 2.45. The third-order valence-electron chi connectivity index (χ3n) is 2.51. The summed E-state index contributed by atoms with van der Waals surface area (Å²) in [5, 5.41) is 16.5. The number of aryl methyl sites for hydroxylation is 2. The lowest BCUT2D eigenvalue weighted by Gasteiger charge is -2.05. The van der Waals surface area contributed by atoms with Gasteiger partial charge >= 0.3 is 0 Å². The van der Waals surface area contributed by atoms with E-state index in [0.29, 0.717) is 5.56 Å². The van der Waals surface area contributed by atoms with Gasteiger partial charge in [0.1, 0.15) is 0 Å². The number of benzene rings is 1. The summed E-state index contributed by atoms with van der Waals surface area (Å²) >= 11 is 0. The molecule has 1 aromatic carbocycles. The number of hydrogen-bond acceptors (Lipinski definition) is 3. The minimum absolute atomic E-state index is 0.650. The maximum atomic E-state index is 8.84. The molecule has 2 rings (SSSR count).